The highest BCUT2D eigenvalue weighted by Gasteiger charge is 2.76. The molecule has 0 aromatic heterocycles. The van der Waals surface area contributed by atoms with Gasteiger partial charge in [0.1, 0.15) is 0 Å². The minimum absolute atomic E-state index is 0.0845. The van der Waals surface area contributed by atoms with E-state index < -0.39 is 0 Å². The van der Waals surface area contributed by atoms with Gasteiger partial charge >= 0.3 is 0 Å². The standard InChI is InChI=1S/C24H24N2O2/c27-21(15-7-3-1-4-8-15)23-11-20-24(22(28)16-9-5-2-6-10-16)12-19(23)25-14-18(24)17(23)13-26-20/h1-10,17-20,25-26H,11-14H2/t17-,18-,19-,20+,23-,24+/m1/s1. The Morgan fingerprint density at radius 3 is 1.46 bits per heavy atom. The molecule has 4 nitrogen and oxygen atoms in total. The minimum Gasteiger partial charge on any atom is -0.313 e. The van der Waals surface area contributed by atoms with Crippen LogP contribution in [-0.2, 0) is 0 Å². The summed E-state index contributed by atoms with van der Waals surface area (Å²) in [4.78, 5) is 27.5. The Morgan fingerprint density at radius 1 is 0.679 bits per heavy atom. The molecule has 7 aliphatic rings. The van der Waals surface area contributed by atoms with Crippen LogP contribution in [0, 0.1) is 22.7 Å². The van der Waals surface area contributed by atoms with Crippen molar-refractivity contribution >= 4 is 11.6 Å². The van der Waals surface area contributed by atoms with Crippen LogP contribution in [0.3, 0.4) is 0 Å². The second kappa shape index (κ2) is 5.62. The van der Waals surface area contributed by atoms with E-state index in [1.165, 1.54) is 0 Å². The van der Waals surface area contributed by atoms with Crippen molar-refractivity contribution in [1.82, 2.24) is 10.6 Å². The zero-order valence-electron chi connectivity index (χ0n) is 15.7. The quantitative estimate of drug-likeness (QED) is 0.811. The van der Waals surface area contributed by atoms with Crippen LogP contribution in [-0.4, -0.2) is 36.7 Å². The number of nitrogens with one attached hydrogen (secondary N) is 2. The first-order valence-corrected chi connectivity index (χ1v) is 10.3. The summed E-state index contributed by atoms with van der Waals surface area (Å²) in [6, 6.07) is 19.6. The predicted molar refractivity (Wildman–Crippen MR) is 106 cm³/mol. The predicted octanol–water partition coefficient (Wildman–Crippen LogP) is 2.71. The van der Waals surface area contributed by atoms with E-state index in [0.717, 1.165) is 37.1 Å². The van der Waals surface area contributed by atoms with Crippen molar-refractivity contribution in [2.45, 2.75) is 24.9 Å². The Balaban J connectivity index is 1.45. The fourth-order valence-electron chi connectivity index (χ4n) is 7.11. The second-order valence-corrected chi connectivity index (χ2v) is 9.01. The summed E-state index contributed by atoms with van der Waals surface area (Å²) in [6.07, 6.45) is 1.52. The Labute approximate surface area is 164 Å². The summed E-state index contributed by atoms with van der Waals surface area (Å²) in [5.41, 5.74) is 0.867. The fraction of sp³-hybridized carbons (Fsp3) is 0.417. The van der Waals surface area contributed by atoms with E-state index in [9.17, 15) is 9.59 Å². The maximum absolute atomic E-state index is 13.7. The molecule has 7 fully saturated rings. The average molecular weight is 372 g/mol. The SMILES string of the molecule is O=C(c1ccccc1)[C@@]12C[C@H]3NC[C@@H]1[C@H]1CN[C@H]2C[C@@]13C(=O)c1ccccc1. The normalized spacial score (nSPS) is 39.9. The van der Waals surface area contributed by atoms with Crippen LogP contribution in [0.25, 0.3) is 0 Å². The molecule has 0 spiro atoms. The van der Waals surface area contributed by atoms with Crippen molar-refractivity contribution in [3.63, 3.8) is 0 Å². The van der Waals surface area contributed by atoms with Gasteiger partial charge in [0.05, 0.1) is 10.8 Å². The zero-order chi connectivity index (χ0) is 18.9. The number of Topliss-reactive ketones (excluding diaryl/α,β-unsaturated/α-hetero) is 2. The Kier molecular flexibility index (Phi) is 3.34. The largest absolute Gasteiger partial charge is 0.313 e. The van der Waals surface area contributed by atoms with Gasteiger partial charge in [0, 0.05) is 23.2 Å². The van der Waals surface area contributed by atoms with E-state index in [-0.39, 0.29) is 46.3 Å². The number of ketones is 2. The number of rotatable bonds is 4. The molecule has 6 bridgehead atoms. The lowest BCUT2D eigenvalue weighted by atomic mass is 9.35. The van der Waals surface area contributed by atoms with Gasteiger partial charge in [-0.05, 0) is 37.8 Å². The van der Waals surface area contributed by atoms with Crippen LogP contribution in [0.15, 0.2) is 60.7 Å². The molecule has 4 aliphatic heterocycles. The molecule has 4 heteroatoms. The number of piperidine rings is 4. The van der Waals surface area contributed by atoms with Crippen molar-refractivity contribution in [1.29, 1.82) is 0 Å². The highest BCUT2D eigenvalue weighted by Crippen LogP contribution is 2.68. The molecule has 28 heavy (non-hydrogen) atoms. The van der Waals surface area contributed by atoms with Gasteiger partial charge in [-0.25, -0.2) is 0 Å². The number of carbonyl (C=O) groups is 2. The fourth-order valence-corrected chi connectivity index (χ4v) is 7.11. The summed E-state index contributed by atoms with van der Waals surface area (Å²) in [6.45, 7) is 1.69. The molecule has 0 radical (unpaired) electrons. The molecule has 3 aliphatic carbocycles. The van der Waals surface area contributed by atoms with Crippen molar-refractivity contribution < 1.29 is 9.59 Å². The highest BCUT2D eigenvalue weighted by molar-refractivity contribution is 6.05. The minimum atomic E-state index is -0.376. The van der Waals surface area contributed by atoms with Gasteiger partial charge in [-0.15, -0.1) is 0 Å². The zero-order valence-corrected chi connectivity index (χ0v) is 15.7. The van der Waals surface area contributed by atoms with Crippen LogP contribution in [0.2, 0.25) is 0 Å². The molecule has 4 saturated heterocycles. The number of carbonyl (C=O) groups excluding carboxylic acids is 2. The van der Waals surface area contributed by atoms with Crippen LogP contribution in [0.5, 0.6) is 0 Å². The molecule has 2 N–H and O–H groups in total. The third-order valence-corrected chi connectivity index (χ3v) is 8.22. The van der Waals surface area contributed by atoms with Crippen LogP contribution < -0.4 is 10.6 Å². The van der Waals surface area contributed by atoms with Crippen molar-refractivity contribution in [3.8, 4) is 0 Å². The maximum Gasteiger partial charge on any atom is 0.170 e. The number of hydrogen-bond donors (Lipinski definition) is 2. The van der Waals surface area contributed by atoms with Gasteiger partial charge in [0.25, 0.3) is 0 Å². The van der Waals surface area contributed by atoms with Crippen molar-refractivity contribution in [2.75, 3.05) is 13.1 Å². The molecule has 3 saturated carbocycles. The van der Waals surface area contributed by atoms with Gasteiger partial charge < -0.3 is 10.6 Å². The second-order valence-electron chi connectivity index (χ2n) is 9.01. The third kappa shape index (κ3) is 1.83. The van der Waals surface area contributed by atoms with Gasteiger partial charge in [-0.3, -0.25) is 9.59 Å². The van der Waals surface area contributed by atoms with Gasteiger partial charge in [0.15, 0.2) is 11.6 Å². The lowest BCUT2D eigenvalue weighted by Gasteiger charge is -2.73. The molecule has 142 valence electrons. The Morgan fingerprint density at radius 2 is 1.07 bits per heavy atom. The summed E-state index contributed by atoms with van der Waals surface area (Å²) in [5, 5.41) is 7.31. The topological polar surface area (TPSA) is 58.2 Å². The smallest absolute Gasteiger partial charge is 0.170 e. The molecule has 4 heterocycles. The molecule has 0 amide bonds. The van der Waals surface area contributed by atoms with Gasteiger partial charge in [-0.2, -0.15) is 0 Å². The molecule has 6 atom stereocenters. The third-order valence-electron chi connectivity index (χ3n) is 8.22. The van der Waals surface area contributed by atoms with Gasteiger partial charge in [0.2, 0.25) is 0 Å². The van der Waals surface area contributed by atoms with E-state index in [2.05, 4.69) is 10.6 Å². The Hall–Kier alpha value is -2.30. The van der Waals surface area contributed by atoms with Crippen LogP contribution in [0.4, 0.5) is 0 Å². The van der Waals surface area contributed by atoms with E-state index in [4.69, 9.17) is 0 Å². The summed E-state index contributed by atoms with van der Waals surface area (Å²) >= 11 is 0. The monoisotopic (exact) mass is 372 g/mol. The molecule has 2 aromatic carbocycles. The van der Waals surface area contributed by atoms with E-state index in [0.29, 0.717) is 0 Å². The summed E-state index contributed by atoms with van der Waals surface area (Å²) in [7, 11) is 0. The molecule has 0 unspecified atom stereocenters. The summed E-state index contributed by atoms with van der Waals surface area (Å²) < 4.78 is 0. The summed E-state index contributed by atoms with van der Waals surface area (Å²) in [5.74, 6) is 0.982. The Bertz CT molecular complexity index is 880. The highest BCUT2D eigenvalue weighted by atomic mass is 16.1. The molecular formula is C24H24N2O2. The number of fused-ring (bicyclic) bond motifs is 2. The molecule has 2 aromatic rings. The molecule has 9 rings (SSSR count). The van der Waals surface area contributed by atoms with E-state index in [1.54, 1.807) is 0 Å². The lowest BCUT2D eigenvalue weighted by Crippen LogP contribution is -2.85. The molecular weight excluding hydrogens is 348 g/mol. The van der Waals surface area contributed by atoms with Crippen LogP contribution in [0.1, 0.15) is 33.6 Å². The first-order chi connectivity index (χ1) is 13.7. The first kappa shape index (κ1) is 16.6. The van der Waals surface area contributed by atoms with E-state index >= 15 is 0 Å². The van der Waals surface area contributed by atoms with Crippen molar-refractivity contribution in [2.24, 2.45) is 22.7 Å². The van der Waals surface area contributed by atoms with Crippen molar-refractivity contribution in [3.05, 3.63) is 71.8 Å². The number of benzene rings is 2. The maximum atomic E-state index is 13.7. The average Bonchev–Trinajstić information content (AvgIpc) is 2.79. The lowest BCUT2D eigenvalue weighted by molar-refractivity contribution is -0.176. The van der Waals surface area contributed by atoms with Gasteiger partial charge in [-0.1, -0.05) is 60.7 Å². The van der Waals surface area contributed by atoms with Crippen LogP contribution >= 0.6 is 0 Å². The first-order valence-electron chi connectivity index (χ1n) is 10.3. The number of hydrogen-bond acceptors (Lipinski definition) is 4. The van der Waals surface area contributed by atoms with E-state index in [1.807, 2.05) is 60.7 Å².